The zero-order chi connectivity index (χ0) is 14.7. The molecule has 1 heterocycles. The fourth-order valence-corrected chi connectivity index (χ4v) is 2.90. The molecular weight excluding hydrogens is 312 g/mol. The van der Waals surface area contributed by atoms with Crippen LogP contribution in [0.3, 0.4) is 0 Å². The van der Waals surface area contributed by atoms with Crippen LogP contribution in [0, 0.1) is 0 Å². The first-order valence-electron chi connectivity index (χ1n) is 6.00. The number of hydrogen-bond donors (Lipinski definition) is 2. The molecule has 0 radical (unpaired) electrons. The zero-order valence-electron chi connectivity index (χ0n) is 10.8. The Balaban J connectivity index is 2.27. The van der Waals surface area contributed by atoms with Gasteiger partial charge in [0.1, 0.15) is 4.99 Å². The van der Waals surface area contributed by atoms with E-state index in [1.165, 1.54) is 11.3 Å². The van der Waals surface area contributed by atoms with Crippen LogP contribution in [0.15, 0.2) is 30.3 Å². The van der Waals surface area contributed by atoms with Gasteiger partial charge >= 0.3 is 0 Å². The molecule has 0 bridgehead atoms. The molecule has 0 saturated carbocycles. The average Bonchev–Trinajstić information content (AvgIpc) is 2.87. The van der Waals surface area contributed by atoms with E-state index in [-0.39, 0.29) is 10.9 Å². The van der Waals surface area contributed by atoms with Crippen LogP contribution in [-0.4, -0.2) is 10.9 Å². The van der Waals surface area contributed by atoms with Gasteiger partial charge in [-0.15, -0.1) is 11.3 Å². The van der Waals surface area contributed by atoms with Crippen molar-refractivity contribution in [3.8, 4) is 0 Å². The Morgan fingerprint density at radius 2 is 2.15 bits per heavy atom. The Morgan fingerprint density at radius 3 is 2.75 bits per heavy atom. The molecule has 1 aromatic carbocycles. The zero-order valence-corrected chi connectivity index (χ0v) is 13.2. The molecule has 6 heteroatoms. The van der Waals surface area contributed by atoms with Gasteiger partial charge < -0.3 is 11.1 Å². The van der Waals surface area contributed by atoms with Gasteiger partial charge in [-0.25, -0.2) is 0 Å². The quantitative estimate of drug-likeness (QED) is 0.840. The molecule has 0 atom stereocenters. The smallest absolute Gasteiger partial charge is 0.265 e. The fourth-order valence-electron chi connectivity index (χ4n) is 1.71. The summed E-state index contributed by atoms with van der Waals surface area (Å²) in [6.45, 7) is 2.05. The topological polar surface area (TPSA) is 55.1 Å². The van der Waals surface area contributed by atoms with Crippen LogP contribution < -0.4 is 11.1 Å². The Labute approximate surface area is 131 Å². The molecule has 1 aromatic heterocycles. The van der Waals surface area contributed by atoms with Crippen LogP contribution in [0.4, 0.5) is 5.69 Å². The van der Waals surface area contributed by atoms with Crippen LogP contribution in [0.5, 0.6) is 0 Å². The van der Waals surface area contributed by atoms with Crippen molar-refractivity contribution in [3.05, 3.63) is 50.7 Å². The number of benzene rings is 1. The van der Waals surface area contributed by atoms with Gasteiger partial charge in [0.15, 0.2) is 0 Å². The number of amides is 1. The van der Waals surface area contributed by atoms with Gasteiger partial charge in [-0.2, -0.15) is 0 Å². The lowest BCUT2D eigenvalue weighted by molar-refractivity contribution is 0.103. The SMILES string of the molecule is CCc1ccc(C(=O)Nc2cc(Cl)ccc2C(N)=S)s1. The molecule has 2 aromatic rings. The van der Waals surface area contributed by atoms with Crippen LogP contribution in [0.2, 0.25) is 5.02 Å². The summed E-state index contributed by atoms with van der Waals surface area (Å²) in [6, 6.07) is 8.79. The van der Waals surface area contributed by atoms with E-state index in [0.717, 1.165) is 11.3 Å². The lowest BCUT2D eigenvalue weighted by Gasteiger charge is -2.09. The standard InChI is InChI=1S/C14H13ClN2OS2/c1-2-9-4-6-12(20-9)14(18)17-11-7-8(15)3-5-10(11)13(16)19/h3-7H,2H2,1H3,(H2,16,19)(H,17,18). The van der Waals surface area contributed by atoms with Crippen LogP contribution in [0.1, 0.15) is 27.0 Å². The molecule has 0 aliphatic carbocycles. The van der Waals surface area contributed by atoms with E-state index in [9.17, 15) is 4.79 Å². The Hall–Kier alpha value is -1.43. The van der Waals surface area contributed by atoms with E-state index in [4.69, 9.17) is 29.6 Å². The summed E-state index contributed by atoms with van der Waals surface area (Å²) >= 11 is 12.4. The number of carbonyl (C=O) groups excluding carboxylic acids is 1. The predicted molar refractivity (Wildman–Crippen MR) is 89.0 cm³/mol. The Bertz CT molecular complexity index is 667. The summed E-state index contributed by atoms with van der Waals surface area (Å²) in [5.41, 5.74) is 6.78. The van der Waals surface area contributed by atoms with Gasteiger partial charge in [-0.05, 0) is 36.8 Å². The third kappa shape index (κ3) is 3.36. The Kier molecular flexibility index (Phi) is 4.75. The molecule has 0 fully saturated rings. The minimum Gasteiger partial charge on any atom is -0.389 e. The first kappa shape index (κ1) is 15.0. The van der Waals surface area contributed by atoms with E-state index >= 15 is 0 Å². The molecule has 104 valence electrons. The van der Waals surface area contributed by atoms with E-state index in [2.05, 4.69) is 12.2 Å². The van der Waals surface area contributed by atoms with Gasteiger partial charge in [0.25, 0.3) is 5.91 Å². The second-order valence-electron chi connectivity index (χ2n) is 4.13. The second-order valence-corrected chi connectivity index (χ2v) is 6.17. The number of nitrogens with one attached hydrogen (secondary N) is 1. The van der Waals surface area contributed by atoms with Crippen molar-refractivity contribution >= 4 is 51.7 Å². The molecule has 0 spiro atoms. The summed E-state index contributed by atoms with van der Waals surface area (Å²) in [7, 11) is 0. The molecule has 0 aliphatic heterocycles. The number of thiocarbonyl (C=S) groups is 1. The maximum absolute atomic E-state index is 12.2. The normalized spacial score (nSPS) is 10.3. The first-order valence-corrected chi connectivity index (χ1v) is 7.61. The third-order valence-corrected chi connectivity index (χ3v) is 4.41. The van der Waals surface area contributed by atoms with Gasteiger partial charge in [0.2, 0.25) is 0 Å². The molecule has 20 heavy (non-hydrogen) atoms. The number of nitrogens with two attached hydrogens (primary N) is 1. The van der Waals surface area contributed by atoms with Gasteiger partial charge in [-0.3, -0.25) is 4.79 Å². The molecule has 0 unspecified atom stereocenters. The summed E-state index contributed by atoms with van der Waals surface area (Å²) in [5.74, 6) is -0.186. The molecule has 0 aliphatic rings. The number of aryl methyl sites for hydroxylation is 1. The van der Waals surface area contributed by atoms with E-state index in [1.807, 2.05) is 12.1 Å². The van der Waals surface area contributed by atoms with Gasteiger partial charge in [0, 0.05) is 15.5 Å². The van der Waals surface area contributed by atoms with E-state index < -0.39 is 0 Å². The maximum Gasteiger partial charge on any atom is 0.265 e. The molecule has 1 amide bonds. The predicted octanol–water partition coefficient (Wildman–Crippen LogP) is 3.85. The highest BCUT2D eigenvalue weighted by Gasteiger charge is 2.13. The number of carbonyl (C=O) groups is 1. The summed E-state index contributed by atoms with van der Waals surface area (Å²) in [4.78, 5) is 14.2. The van der Waals surface area contributed by atoms with Crippen molar-refractivity contribution in [1.29, 1.82) is 0 Å². The van der Waals surface area contributed by atoms with Crippen LogP contribution in [-0.2, 0) is 6.42 Å². The number of anilines is 1. The first-order chi connectivity index (χ1) is 9.51. The van der Waals surface area contributed by atoms with Crippen molar-refractivity contribution in [2.24, 2.45) is 5.73 Å². The minimum atomic E-state index is -0.186. The molecule has 0 saturated heterocycles. The number of thiophene rings is 1. The fraction of sp³-hybridized carbons (Fsp3) is 0.143. The van der Waals surface area contributed by atoms with Crippen molar-refractivity contribution in [3.63, 3.8) is 0 Å². The number of hydrogen-bond acceptors (Lipinski definition) is 3. The third-order valence-electron chi connectivity index (χ3n) is 2.73. The number of halogens is 1. The summed E-state index contributed by atoms with van der Waals surface area (Å²) in [5, 5.41) is 3.32. The lowest BCUT2D eigenvalue weighted by Crippen LogP contribution is -2.16. The molecule has 2 rings (SSSR count). The minimum absolute atomic E-state index is 0.186. The van der Waals surface area contributed by atoms with Crippen molar-refractivity contribution < 1.29 is 4.79 Å². The highest BCUT2D eigenvalue weighted by atomic mass is 35.5. The van der Waals surface area contributed by atoms with Crippen molar-refractivity contribution in [1.82, 2.24) is 0 Å². The number of rotatable bonds is 4. The summed E-state index contributed by atoms with van der Waals surface area (Å²) < 4.78 is 0. The van der Waals surface area contributed by atoms with Crippen molar-refractivity contribution in [2.45, 2.75) is 13.3 Å². The summed E-state index contributed by atoms with van der Waals surface area (Å²) in [6.07, 6.45) is 0.910. The second kappa shape index (κ2) is 6.35. The largest absolute Gasteiger partial charge is 0.389 e. The molecule has 3 nitrogen and oxygen atoms in total. The average molecular weight is 325 g/mol. The molecular formula is C14H13ClN2OS2. The van der Waals surface area contributed by atoms with Crippen LogP contribution >= 0.6 is 35.2 Å². The Morgan fingerprint density at radius 1 is 1.40 bits per heavy atom. The monoisotopic (exact) mass is 324 g/mol. The lowest BCUT2D eigenvalue weighted by atomic mass is 10.1. The van der Waals surface area contributed by atoms with Gasteiger partial charge in [-0.1, -0.05) is 30.7 Å². The molecule has 3 N–H and O–H groups in total. The highest BCUT2D eigenvalue weighted by Crippen LogP contribution is 2.23. The van der Waals surface area contributed by atoms with Crippen LogP contribution in [0.25, 0.3) is 0 Å². The van der Waals surface area contributed by atoms with Crippen molar-refractivity contribution in [2.75, 3.05) is 5.32 Å². The maximum atomic E-state index is 12.2. The van der Waals surface area contributed by atoms with E-state index in [1.54, 1.807) is 18.2 Å². The van der Waals surface area contributed by atoms with Gasteiger partial charge in [0.05, 0.1) is 10.6 Å². The highest BCUT2D eigenvalue weighted by molar-refractivity contribution is 7.80. The van der Waals surface area contributed by atoms with E-state index in [0.29, 0.717) is 21.2 Å².